The fraction of sp³-hybridized carbons (Fsp3) is 0.400. The number of nitrogens with zero attached hydrogens (tertiary/aromatic N) is 1. The summed E-state index contributed by atoms with van der Waals surface area (Å²) in [7, 11) is 0. The van der Waals surface area contributed by atoms with Gasteiger partial charge < -0.3 is 9.84 Å². The van der Waals surface area contributed by atoms with Crippen LogP contribution >= 0.6 is 11.6 Å². The molecule has 1 rings (SSSR count). The van der Waals surface area contributed by atoms with E-state index in [1.165, 1.54) is 0 Å². The lowest BCUT2D eigenvalue weighted by Gasteiger charge is -2.17. The first-order chi connectivity index (χ1) is 9.15. The maximum atomic E-state index is 12.9. The van der Waals surface area contributed by atoms with Gasteiger partial charge in [0.2, 0.25) is 0 Å². The minimum atomic E-state index is -5.25. The quantitative estimate of drug-likeness (QED) is 0.668. The number of ether oxygens (including phenoxy) is 1. The van der Waals surface area contributed by atoms with Gasteiger partial charge >= 0.3 is 12.3 Å². The van der Waals surface area contributed by atoms with Gasteiger partial charge in [0.25, 0.3) is 6.43 Å². The van der Waals surface area contributed by atoms with Crippen molar-refractivity contribution in [3.63, 3.8) is 0 Å². The molecule has 20 heavy (non-hydrogen) atoms. The van der Waals surface area contributed by atoms with E-state index < -0.39 is 53.6 Å². The van der Waals surface area contributed by atoms with Gasteiger partial charge in [-0.2, -0.15) is 0 Å². The second-order valence-corrected chi connectivity index (χ2v) is 3.79. The molecule has 112 valence electrons. The van der Waals surface area contributed by atoms with Crippen molar-refractivity contribution in [1.82, 2.24) is 4.98 Å². The van der Waals surface area contributed by atoms with Crippen LogP contribution < -0.4 is 4.74 Å². The lowest BCUT2D eigenvalue weighted by atomic mass is 10.1. The summed E-state index contributed by atoms with van der Waals surface area (Å²) in [6.45, 7) is 0. The van der Waals surface area contributed by atoms with E-state index in [2.05, 4.69) is 9.72 Å². The molecule has 1 aromatic rings. The smallest absolute Gasteiger partial charge is 0.481 e. The number of aliphatic carboxylic acids is 1. The van der Waals surface area contributed by atoms with E-state index in [9.17, 15) is 26.7 Å². The maximum absolute atomic E-state index is 12.9. The van der Waals surface area contributed by atoms with Crippen LogP contribution in [0.2, 0.25) is 0 Å². The van der Waals surface area contributed by atoms with Crippen LogP contribution in [0.25, 0.3) is 0 Å². The molecule has 0 fully saturated rings. The van der Waals surface area contributed by atoms with E-state index in [4.69, 9.17) is 16.7 Å². The van der Waals surface area contributed by atoms with Gasteiger partial charge in [-0.15, -0.1) is 24.8 Å². The van der Waals surface area contributed by atoms with Crippen LogP contribution in [0, 0.1) is 0 Å². The second kappa shape index (κ2) is 6.21. The van der Waals surface area contributed by atoms with Crippen molar-refractivity contribution in [1.29, 1.82) is 0 Å². The molecule has 1 heterocycles. The van der Waals surface area contributed by atoms with Crippen molar-refractivity contribution in [3.8, 4) is 5.75 Å². The maximum Gasteiger partial charge on any atom is 0.573 e. The normalized spacial score (nSPS) is 11.8. The topological polar surface area (TPSA) is 59.4 Å². The Bertz CT molecular complexity index is 506. The number of pyridine rings is 1. The van der Waals surface area contributed by atoms with Crippen LogP contribution in [0.3, 0.4) is 0 Å². The van der Waals surface area contributed by atoms with Crippen LogP contribution in [0.4, 0.5) is 22.0 Å². The number of hydrogen-bond acceptors (Lipinski definition) is 3. The largest absolute Gasteiger partial charge is 0.573 e. The van der Waals surface area contributed by atoms with Crippen LogP contribution in [0.5, 0.6) is 5.75 Å². The van der Waals surface area contributed by atoms with E-state index in [-0.39, 0.29) is 0 Å². The average molecular weight is 320 g/mol. The number of carbonyl (C=O) groups is 1. The molecule has 0 radical (unpaired) electrons. The molecule has 0 aliphatic heterocycles. The Labute approximate surface area is 114 Å². The summed E-state index contributed by atoms with van der Waals surface area (Å²) in [5.74, 6) is -3.35. The van der Waals surface area contributed by atoms with Crippen molar-refractivity contribution >= 4 is 17.6 Å². The highest BCUT2D eigenvalue weighted by atomic mass is 35.5. The van der Waals surface area contributed by atoms with Gasteiger partial charge in [-0.25, -0.2) is 8.78 Å². The predicted octanol–water partition coefficient (Wildman–Crippen LogP) is 3.28. The lowest BCUT2D eigenvalue weighted by Crippen LogP contribution is -2.21. The summed E-state index contributed by atoms with van der Waals surface area (Å²) in [5, 5.41) is 8.57. The van der Waals surface area contributed by atoms with Crippen LogP contribution in [-0.4, -0.2) is 22.4 Å². The Hall–Kier alpha value is -1.64. The molecule has 0 aliphatic carbocycles. The molecular weight excluding hydrogens is 313 g/mol. The minimum absolute atomic E-state index is 0.505. The number of carboxylic acids is 1. The zero-order chi connectivity index (χ0) is 15.5. The number of hydrogen-bond donors (Lipinski definition) is 1. The summed E-state index contributed by atoms with van der Waals surface area (Å²) in [5.41, 5.74) is -2.27. The van der Waals surface area contributed by atoms with E-state index in [0.717, 1.165) is 6.20 Å². The molecule has 0 unspecified atom stereocenters. The molecule has 1 aromatic heterocycles. The Morgan fingerprint density at radius 2 is 2.05 bits per heavy atom. The van der Waals surface area contributed by atoms with E-state index in [0.29, 0.717) is 0 Å². The summed E-state index contributed by atoms with van der Waals surface area (Å²) < 4.78 is 66.1. The highest BCUT2D eigenvalue weighted by Crippen LogP contribution is 2.38. The van der Waals surface area contributed by atoms with Gasteiger partial charge in [0.05, 0.1) is 23.6 Å². The number of rotatable bonds is 5. The zero-order valence-electron chi connectivity index (χ0n) is 9.55. The Kier molecular flexibility index (Phi) is 5.09. The third-order valence-corrected chi connectivity index (χ3v) is 2.38. The third kappa shape index (κ3) is 4.19. The number of alkyl halides is 6. The predicted molar refractivity (Wildman–Crippen MR) is 56.8 cm³/mol. The monoisotopic (exact) mass is 319 g/mol. The first-order valence-electron chi connectivity index (χ1n) is 4.98. The summed E-state index contributed by atoms with van der Waals surface area (Å²) >= 11 is 5.33. The molecule has 4 nitrogen and oxygen atoms in total. The van der Waals surface area contributed by atoms with Gasteiger partial charge in [-0.05, 0) is 0 Å². The number of carboxylic acid groups (broad SMARTS) is 1. The molecular formula is C10H7ClF5NO3. The molecule has 10 heteroatoms. The van der Waals surface area contributed by atoms with Crippen LogP contribution in [0.15, 0.2) is 6.20 Å². The van der Waals surface area contributed by atoms with Gasteiger partial charge in [-0.1, -0.05) is 0 Å². The minimum Gasteiger partial charge on any atom is -0.481 e. The SMILES string of the molecule is O=C(O)Cc1cnc(CCl)c(C(F)F)c1OC(F)(F)F. The van der Waals surface area contributed by atoms with E-state index in [1.54, 1.807) is 0 Å². The second-order valence-electron chi connectivity index (χ2n) is 3.53. The van der Waals surface area contributed by atoms with E-state index >= 15 is 0 Å². The summed E-state index contributed by atoms with van der Waals surface area (Å²) in [4.78, 5) is 14.0. The van der Waals surface area contributed by atoms with Crippen molar-refractivity contribution in [2.45, 2.75) is 25.1 Å². The highest BCUT2D eigenvalue weighted by molar-refractivity contribution is 6.17. The Balaban J connectivity index is 3.45. The summed E-state index contributed by atoms with van der Waals surface area (Å²) in [6.07, 6.45) is -8.82. The molecule has 0 atom stereocenters. The first kappa shape index (κ1) is 16.4. The van der Waals surface area contributed by atoms with Gasteiger partial charge in [0.15, 0.2) is 0 Å². The molecule has 0 aliphatic rings. The number of halogens is 6. The standard InChI is InChI=1S/C10H7ClF5NO3/c11-2-5-7(9(12)13)8(20-10(14,15)16)4(3-17-5)1-6(18)19/h3,9H,1-2H2,(H,18,19). The molecule has 0 saturated carbocycles. The molecule has 0 spiro atoms. The number of aromatic nitrogens is 1. The lowest BCUT2D eigenvalue weighted by molar-refractivity contribution is -0.275. The molecule has 0 amide bonds. The Morgan fingerprint density at radius 1 is 1.45 bits per heavy atom. The van der Waals surface area contributed by atoms with Gasteiger partial charge in [0.1, 0.15) is 5.75 Å². The third-order valence-electron chi connectivity index (χ3n) is 2.13. The Morgan fingerprint density at radius 3 is 2.45 bits per heavy atom. The molecule has 1 N–H and O–H groups in total. The van der Waals surface area contributed by atoms with Crippen molar-refractivity contribution < 1.29 is 36.6 Å². The van der Waals surface area contributed by atoms with Crippen LogP contribution in [-0.2, 0) is 17.1 Å². The average Bonchev–Trinajstić information content (AvgIpc) is 2.27. The van der Waals surface area contributed by atoms with Crippen molar-refractivity contribution in [2.24, 2.45) is 0 Å². The molecule has 0 bridgehead atoms. The fourth-order valence-electron chi connectivity index (χ4n) is 1.44. The summed E-state index contributed by atoms with van der Waals surface area (Å²) in [6, 6.07) is 0. The first-order valence-corrected chi connectivity index (χ1v) is 5.51. The fourth-order valence-corrected chi connectivity index (χ4v) is 1.66. The van der Waals surface area contributed by atoms with Crippen LogP contribution in [0.1, 0.15) is 23.2 Å². The van der Waals surface area contributed by atoms with E-state index in [1.807, 2.05) is 0 Å². The highest BCUT2D eigenvalue weighted by Gasteiger charge is 2.36. The molecule has 0 aromatic carbocycles. The van der Waals surface area contributed by atoms with Gasteiger partial charge in [0, 0.05) is 11.8 Å². The van der Waals surface area contributed by atoms with Crippen molar-refractivity contribution in [3.05, 3.63) is 23.0 Å². The van der Waals surface area contributed by atoms with Gasteiger partial charge in [-0.3, -0.25) is 9.78 Å². The zero-order valence-corrected chi connectivity index (χ0v) is 10.3. The van der Waals surface area contributed by atoms with Crippen molar-refractivity contribution in [2.75, 3.05) is 0 Å². The molecule has 0 saturated heterocycles.